The Bertz CT molecular complexity index is 620. The lowest BCUT2D eigenvalue weighted by Gasteiger charge is -2.49. The van der Waals surface area contributed by atoms with Crippen molar-refractivity contribution in [3.05, 3.63) is 29.1 Å². The summed E-state index contributed by atoms with van der Waals surface area (Å²) in [4.78, 5) is 0.160. The molecule has 3 nitrogen and oxygen atoms in total. The largest absolute Gasteiger partial charge is 0.241 e. The third-order valence-electron chi connectivity index (χ3n) is 4.14. The van der Waals surface area contributed by atoms with Gasteiger partial charge in [-0.25, -0.2) is 17.5 Å². The maximum Gasteiger partial charge on any atom is 0.241 e. The molecule has 1 aromatic carbocycles. The van der Waals surface area contributed by atoms with Crippen molar-refractivity contribution >= 4 is 21.6 Å². The Morgan fingerprint density at radius 1 is 1.30 bits per heavy atom. The predicted molar refractivity (Wildman–Crippen MR) is 78.0 cm³/mol. The van der Waals surface area contributed by atoms with Crippen molar-refractivity contribution in [3.8, 4) is 0 Å². The molecular weight excluding hydrogens is 301 g/mol. The van der Waals surface area contributed by atoms with Crippen LogP contribution >= 0.6 is 11.6 Å². The topological polar surface area (TPSA) is 46.2 Å². The molecular formula is C14H19ClFNO2S. The summed E-state index contributed by atoms with van der Waals surface area (Å²) < 4.78 is 41.0. The second kappa shape index (κ2) is 4.97. The molecule has 6 heteroatoms. The Morgan fingerprint density at radius 2 is 1.80 bits per heavy atom. The molecule has 1 aliphatic carbocycles. The molecule has 2 unspecified atom stereocenters. The van der Waals surface area contributed by atoms with Gasteiger partial charge in [-0.3, -0.25) is 0 Å². The van der Waals surface area contributed by atoms with Gasteiger partial charge >= 0.3 is 0 Å². The van der Waals surface area contributed by atoms with Crippen LogP contribution in [0.2, 0.25) is 0 Å². The Balaban J connectivity index is 2.33. The lowest BCUT2D eigenvalue weighted by Crippen LogP contribution is -2.59. The van der Waals surface area contributed by atoms with E-state index in [1.807, 2.05) is 13.8 Å². The predicted octanol–water partition coefficient (Wildman–Crippen LogP) is 3.13. The number of aryl methyl sites for hydroxylation is 2. The number of benzene rings is 1. The van der Waals surface area contributed by atoms with Crippen molar-refractivity contribution in [1.29, 1.82) is 0 Å². The van der Waals surface area contributed by atoms with Gasteiger partial charge in [-0.1, -0.05) is 13.8 Å². The van der Waals surface area contributed by atoms with Crippen molar-refractivity contribution in [1.82, 2.24) is 4.72 Å². The van der Waals surface area contributed by atoms with Crippen molar-refractivity contribution in [2.75, 3.05) is 0 Å². The van der Waals surface area contributed by atoms with Gasteiger partial charge in [0.15, 0.2) is 0 Å². The van der Waals surface area contributed by atoms with E-state index in [-0.39, 0.29) is 21.7 Å². The van der Waals surface area contributed by atoms with E-state index in [0.29, 0.717) is 17.5 Å². The number of hydrogen-bond donors (Lipinski definition) is 1. The van der Waals surface area contributed by atoms with Crippen molar-refractivity contribution < 1.29 is 12.8 Å². The van der Waals surface area contributed by atoms with Gasteiger partial charge in [-0.15, -0.1) is 11.6 Å². The Kier molecular flexibility index (Phi) is 3.91. The highest BCUT2D eigenvalue weighted by Crippen LogP contribution is 2.45. The monoisotopic (exact) mass is 319 g/mol. The summed E-state index contributed by atoms with van der Waals surface area (Å²) in [5.74, 6) is -0.427. The number of alkyl halides is 1. The van der Waals surface area contributed by atoms with Gasteiger partial charge < -0.3 is 0 Å². The zero-order valence-corrected chi connectivity index (χ0v) is 13.6. The number of rotatable bonds is 3. The van der Waals surface area contributed by atoms with Gasteiger partial charge in [0.25, 0.3) is 0 Å². The Hall–Kier alpha value is -0.650. The maximum atomic E-state index is 13.3. The van der Waals surface area contributed by atoms with Crippen molar-refractivity contribution in [2.24, 2.45) is 5.41 Å². The van der Waals surface area contributed by atoms with E-state index in [0.717, 1.165) is 0 Å². The van der Waals surface area contributed by atoms with Gasteiger partial charge in [0.2, 0.25) is 10.0 Å². The fraction of sp³-hybridized carbons (Fsp3) is 0.571. The minimum Gasteiger partial charge on any atom is -0.207 e. The summed E-state index contributed by atoms with van der Waals surface area (Å²) in [6, 6.07) is 2.27. The first kappa shape index (κ1) is 15.7. The first-order valence-corrected chi connectivity index (χ1v) is 8.41. The van der Waals surface area contributed by atoms with Crippen LogP contribution in [0, 0.1) is 25.1 Å². The van der Waals surface area contributed by atoms with Crippen LogP contribution in [0.1, 0.15) is 31.4 Å². The molecule has 0 aromatic heterocycles. The normalized spacial score (nSPS) is 25.3. The minimum absolute atomic E-state index is 0.0365. The van der Waals surface area contributed by atoms with E-state index in [9.17, 15) is 12.8 Å². The molecule has 2 rings (SSSR count). The van der Waals surface area contributed by atoms with Crippen LogP contribution in [0.25, 0.3) is 0 Å². The zero-order chi connectivity index (χ0) is 15.3. The average molecular weight is 320 g/mol. The fourth-order valence-corrected chi connectivity index (χ4v) is 4.83. The van der Waals surface area contributed by atoms with Gasteiger partial charge in [-0.2, -0.15) is 0 Å². The summed E-state index contributed by atoms with van der Waals surface area (Å²) in [7, 11) is -3.67. The van der Waals surface area contributed by atoms with Crippen molar-refractivity contribution in [2.45, 2.75) is 50.4 Å². The summed E-state index contributed by atoms with van der Waals surface area (Å²) >= 11 is 6.11. The smallest absolute Gasteiger partial charge is 0.207 e. The van der Waals surface area contributed by atoms with Gasteiger partial charge in [0.05, 0.1) is 4.90 Å². The molecule has 2 atom stereocenters. The first-order chi connectivity index (χ1) is 9.05. The summed E-state index contributed by atoms with van der Waals surface area (Å²) in [6.07, 6.45) is 0.604. The lowest BCUT2D eigenvalue weighted by atomic mass is 9.67. The van der Waals surface area contributed by atoms with E-state index in [1.165, 1.54) is 12.1 Å². The van der Waals surface area contributed by atoms with Gasteiger partial charge in [0, 0.05) is 11.4 Å². The van der Waals surface area contributed by atoms with Gasteiger partial charge in [-0.05, 0) is 48.9 Å². The molecule has 112 valence electrons. The molecule has 0 spiro atoms. The van der Waals surface area contributed by atoms with Crippen LogP contribution in [0.4, 0.5) is 4.39 Å². The molecule has 0 saturated heterocycles. The fourth-order valence-electron chi connectivity index (χ4n) is 2.64. The summed E-state index contributed by atoms with van der Waals surface area (Å²) in [5.41, 5.74) is 0.542. The standard InChI is InChI=1S/C14H19ClFNO2S/c1-8-5-10(16)6-9(2)13(8)20(18,19)17-12-7-11(15)14(12,3)4/h5-6,11-12,17H,7H2,1-4H3. The first-order valence-electron chi connectivity index (χ1n) is 6.49. The van der Waals surface area contributed by atoms with E-state index in [1.54, 1.807) is 13.8 Å². The van der Waals surface area contributed by atoms with E-state index < -0.39 is 15.8 Å². The van der Waals surface area contributed by atoms with Crippen LogP contribution in [-0.4, -0.2) is 19.8 Å². The molecule has 20 heavy (non-hydrogen) atoms. The van der Waals surface area contributed by atoms with Crippen LogP contribution in [0.3, 0.4) is 0 Å². The zero-order valence-electron chi connectivity index (χ0n) is 12.0. The highest BCUT2D eigenvalue weighted by Gasteiger charge is 2.49. The molecule has 0 amide bonds. The number of nitrogens with one attached hydrogen (secondary N) is 1. The van der Waals surface area contributed by atoms with Crippen LogP contribution < -0.4 is 4.72 Å². The molecule has 1 aromatic rings. The van der Waals surface area contributed by atoms with Crippen LogP contribution in [0.15, 0.2) is 17.0 Å². The van der Waals surface area contributed by atoms with E-state index in [2.05, 4.69) is 4.72 Å². The average Bonchev–Trinajstić information content (AvgIpc) is 2.26. The minimum atomic E-state index is -3.67. The molecule has 0 radical (unpaired) electrons. The Labute approximate surface area is 124 Å². The number of hydrogen-bond acceptors (Lipinski definition) is 2. The second-order valence-electron chi connectivity index (χ2n) is 6.07. The van der Waals surface area contributed by atoms with Crippen LogP contribution in [-0.2, 0) is 10.0 Å². The quantitative estimate of drug-likeness (QED) is 0.870. The highest BCUT2D eigenvalue weighted by molar-refractivity contribution is 7.89. The van der Waals surface area contributed by atoms with Crippen LogP contribution in [0.5, 0.6) is 0 Å². The maximum absolute atomic E-state index is 13.3. The van der Waals surface area contributed by atoms with Crippen molar-refractivity contribution in [3.63, 3.8) is 0 Å². The molecule has 1 aliphatic rings. The molecule has 1 N–H and O–H groups in total. The molecule has 0 aliphatic heterocycles. The molecule has 0 bridgehead atoms. The van der Waals surface area contributed by atoms with E-state index >= 15 is 0 Å². The second-order valence-corrected chi connectivity index (χ2v) is 8.24. The number of sulfonamides is 1. The SMILES string of the molecule is Cc1cc(F)cc(C)c1S(=O)(=O)NC1CC(Cl)C1(C)C. The summed E-state index contributed by atoms with van der Waals surface area (Å²) in [6.45, 7) is 7.07. The Morgan fingerprint density at radius 3 is 2.20 bits per heavy atom. The molecule has 1 fully saturated rings. The van der Waals surface area contributed by atoms with Gasteiger partial charge in [0.1, 0.15) is 5.82 Å². The number of halogens is 2. The van der Waals surface area contributed by atoms with E-state index in [4.69, 9.17) is 11.6 Å². The summed E-state index contributed by atoms with van der Waals surface area (Å²) in [5, 5.41) is -0.0365. The molecule has 0 heterocycles. The lowest BCUT2D eigenvalue weighted by molar-refractivity contribution is 0.137. The molecule has 1 saturated carbocycles. The third-order valence-corrected chi connectivity index (χ3v) is 6.66. The highest BCUT2D eigenvalue weighted by atomic mass is 35.5. The third kappa shape index (κ3) is 2.59.